The van der Waals surface area contributed by atoms with Crippen molar-refractivity contribution in [3.63, 3.8) is 0 Å². The van der Waals surface area contributed by atoms with E-state index < -0.39 is 5.97 Å². The van der Waals surface area contributed by atoms with Crippen LogP contribution in [-0.4, -0.2) is 34.9 Å². The van der Waals surface area contributed by atoms with Gasteiger partial charge in [-0.3, -0.25) is 4.79 Å². The number of aromatic nitrogens is 1. The molecule has 1 amide bonds. The van der Waals surface area contributed by atoms with Gasteiger partial charge in [-0.25, -0.2) is 9.78 Å². The van der Waals surface area contributed by atoms with Crippen LogP contribution < -0.4 is 0 Å². The standard InChI is InChI=1S/C20H18N2O4/c1-25-20(24)17-12-26-18(21-17)11-22(14-9-10-14)19(23)16-8-4-6-13-5-2-3-7-15(13)16/h2-8,12,14H,9-11H2,1H3. The summed E-state index contributed by atoms with van der Waals surface area (Å²) in [5.74, 6) is -0.286. The lowest BCUT2D eigenvalue weighted by Crippen LogP contribution is -2.32. The van der Waals surface area contributed by atoms with Gasteiger partial charge in [0.25, 0.3) is 5.91 Å². The summed E-state index contributed by atoms with van der Waals surface area (Å²) in [7, 11) is 1.29. The number of methoxy groups -OCH3 is 1. The van der Waals surface area contributed by atoms with Crippen LogP contribution in [0.2, 0.25) is 0 Å². The fourth-order valence-corrected chi connectivity index (χ4v) is 3.05. The maximum Gasteiger partial charge on any atom is 0.360 e. The molecule has 0 saturated heterocycles. The number of amides is 1. The molecule has 4 rings (SSSR count). The van der Waals surface area contributed by atoms with Gasteiger partial charge in [-0.2, -0.15) is 0 Å². The summed E-state index contributed by atoms with van der Waals surface area (Å²) in [5.41, 5.74) is 0.769. The minimum Gasteiger partial charge on any atom is -0.464 e. The number of hydrogen-bond donors (Lipinski definition) is 0. The highest BCUT2D eigenvalue weighted by Gasteiger charge is 2.34. The number of esters is 1. The molecule has 3 aromatic rings. The van der Waals surface area contributed by atoms with Crippen LogP contribution in [0.15, 0.2) is 53.1 Å². The molecule has 0 atom stereocenters. The molecule has 0 bridgehead atoms. The number of carbonyl (C=O) groups excluding carboxylic acids is 2. The minimum atomic E-state index is -0.557. The molecule has 132 valence electrons. The van der Waals surface area contributed by atoms with Crippen molar-refractivity contribution in [1.82, 2.24) is 9.88 Å². The van der Waals surface area contributed by atoms with E-state index in [-0.39, 0.29) is 24.2 Å². The molecule has 1 aromatic heterocycles. The number of benzene rings is 2. The van der Waals surface area contributed by atoms with Crippen molar-refractivity contribution >= 4 is 22.6 Å². The first-order valence-corrected chi connectivity index (χ1v) is 8.49. The summed E-state index contributed by atoms with van der Waals surface area (Å²) >= 11 is 0. The van der Waals surface area contributed by atoms with Gasteiger partial charge >= 0.3 is 5.97 Å². The van der Waals surface area contributed by atoms with Crippen LogP contribution >= 0.6 is 0 Å². The Morgan fingerprint density at radius 1 is 1.19 bits per heavy atom. The number of fused-ring (bicyclic) bond motifs is 1. The van der Waals surface area contributed by atoms with E-state index >= 15 is 0 Å². The summed E-state index contributed by atoms with van der Waals surface area (Å²) in [6.45, 7) is 0.226. The summed E-state index contributed by atoms with van der Waals surface area (Å²) in [6.07, 6.45) is 3.18. The predicted molar refractivity (Wildman–Crippen MR) is 94.7 cm³/mol. The monoisotopic (exact) mass is 350 g/mol. The Bertz CT molecular complexity index is 969. The second kappa shape index (κ2) is 6.63. The van der Waals surface area contributed by atoms with E-state index in [0.717, 1.165) is 23.6 Å². The smallest absolute Gasteiger partial charge is 0.360 e. The van der Waals surface area contributed by atoms with Crippen molar-refractivity contribution in [1.29, 1.82) is 0 Å². The molecule has 1 aliphatic rings. The quantitative estimate of drug-likeness (QED) is 0.659. The van der Waals surface area contributed by atoms with Crippen molar-refractivity contribution < 1.29 is 18.7 Å². The second-order valence-corrected chi connectivity index (χ2v) is 6.31. The van der Waals surface area contributed by atoms with E-state index in [1.54, 1.807) is 4.90 Å². The Morgan fingerprint density at radius 3 is 2.73 bits per heavy atom. The number of nitrogens with zero attached hydrogens (tertiary/aromatic N) is 2. The molecule has 1 heterocycles. The summed E-state index contributed by atoms with van der Waals surface area (Å²) < 4.78 is 10.0. The Kier molecular flexibility index (Phi) is 4.16. The van der Waals surface area contributed by atoms with Gasteiger partial charge in [0.2, 0.25) is 5.89 Å². The summed E-state index contributed by atoms with van der Waals surface area (Å²) in [4.78, 5) is 30.6. The zero-order chi connectivity index (χ0) is 18.1. The van der Waals surface area contributed by atoms with Gasteiger partial charge in [0, 0.05) is 11.6 Å². The number of rotatable bonds is 5. The first-order chi connectivity index (χ1) is 12.7. The van der Waals surface area contributed by atoms with Crippen molar-refractivity contribution in [2.75, 3.05) is 7.11 Å². The van der Waals surface area contributed by atoms with E-state index in [1.807, 2.05) is 42.5 Å². The highest BCUT2D eigenvalue weighted by atomic mass is 16.5. The van der Waals surface area contributed by atoms with E-state index in [1.165, 1.54) is 13.4 Å². The molecule has 6 nitrogen and oxygen atoms in total. The first-order valence-electron chi connectivity index (χ1n) is 8.49. The van der Waals surface area contributed by atoms with Crippen LogP contribution in [0.3, 0.4) is 0 Å². The van der Waals surface area contributed by atoms with Crippen LogP contribution in [0.5, 0.6) is 0 Å². The van der Waals surface area contributed by atoms with Crippen molar-refractivity contribution in [2.45, 2.75) is 25.4 Å². The van der Waals surface area contributed by atoms with Crippen LogP contribution in [0.25, 0.3) is 10.8 Å². The van der Waals surface area contributed by atoms with Crippen molar-refractivity contribution in [3.8, 4) is 0 Å². The van der Waals surface area contributed by atoms with Gasteiger partial charge in [0.05, 0.1) is 13.7 Å². The van der Waals surface area contributed by atoms with E-state index in [2.05, 4.69) is 9.72 Å². The lowest BCUT2D eigenvalue weighted by Gasteiger charge is -2.21. The van der Waals surface area contributed by atoms with Gasteiger partial charge in [-0.05, 0) is 29.7 Å². The molecule has 0 unspecified atom stereocenters. The van der Waals surface area contributed by atoms with E-state index in [9.17, 15) is 9.59 Å². The van der Waals surface area contributed by atoms with Crippen LogP contribution in [0, 0.1) is 0 Å². The molecule has 1 fully saturated rings. The van der Waals surface area contributed by atoms with Crippen LogP contribution in [0.1, 0.15) is 39.6 Å². The Labute approximate surface area is 150 Å². The highest BCUT2D eigenvalue weighted by Crippen LogP contribution is 2.31. The number of carbonyl (C=O) groups is 2. The molecule has 6 heteroatoms. The number of hydrogen-bond acceptors (Lipinski definition) is 5. The average Bonchev–Trinajstić information content (AvgIpc) is 3.42. The fourth-order valence-electron chi connectivity index (χ4n) is 3.05. The zero-order valence-corrected chi connectivity index (χ0v) is 14.3. The lowest BCUT2D eigenvalue weighted by molar-refractivity contribution is 0.0594. The number of ether oxygens (including phenoxy) is 1. The molecular formula is C20H18N2O4. The van der Waals surface area contributed by atoms with E-state index in [0.29, 0.717) is 11.5 Å². The third-order valence-electron chi connectivity index (χ3n) is 4.52. The molecule has 1 saturated carbocycles. The van der Waals surface area contributed by atoms with Crippen LogP contribution in [-0.2, 0) is 11.3 Å². The molecular weight excluding hydrogens is 332 g/mol. The topological polar surface area (TPSA) is 72.6 Å². The molecule has 26 heavy (non-hydrogen) atoms. The van der Waals surface area contributed by atoms with Gasteiger partial charge < -0.3 is 14.1 Å². The molecule has 0 N–H and O–H groups in total. The van der Waals surface area contributed by atoms with E-state index in [4.69, 9.17) is 4.42 Å². The lowest BCUT2D eigenvalue weighted by atomic mass is 10.0. The van der Waals surface area contributed by atoms with Gasteiger partial charge in [-0.15, -0.1) is 0 Å². The normalized spacial score (nSPS) is 13.6. The highest BCUT2D eigenvalue weighted by molar-refractivity contribution is 6.07. The largest absolute Gasteiger partial charge is 0.464 e. The van der Waals surface area contributed by atoms with Crippen LogP contribution in [0.4, 0.5) is 0 Å². The molecule has 2 aromatic carbocycles. The second-order valence-electron chi connectivity index (χ2n) is 6.31. The Morgan fingerprint density at radius 2 is 1.96 bits per heavy atom. The van der Waals surface area contributed by atoms with Crippen molar-refractivity contribution in [2.24, 2.45) is 0 Å². The maximum absolute atomic E-state index is 13.2. The SMILES string of the molecule is COC(=O)c1coc(CN(C(=O)c2cccc3ccccc23)C2CC2)n1. The molecule has 0 spiro atoms. The summed E-state index contributed by atoms with van der Waals surface area (Å²) in [5, 5.41) is 1.95. The third-order valence-corrected chi connectivity index (χ3v) is 4.52. The zero-order valence-electron chi connectivity index (χ0n) is 14.3. The van der Waals surface area contributed by atoms with Gasteiger partial charge in [-0.1, -0.05) is 36.4 Å². The number of oxazole rings is 1. The first kappa shape index (κ1) is 16.3. The fraction of sp³-hybridized carbons (Fsp3) is 0.250. The Hall–Kier alpha value is -3.15. The summed E-state index contributed by atoms with van der Waals surface area (Å²) in [6, 6.07) is 13.7. The maximum atomic E-state index is 13.2. The van der Waals surface area contributed by atoms with Gasteiger partial charge in [0.15, 0.2) is 5.69 Å². The molecule has 0 radical (unpaired) electrons. The van der Waals surface area contributed by atoms with Crippen molar-refractivity contribution in [3.05, 3.63) is 65.9 Å². The predicted octanol–water partition coefficient (Wildman–Crippen LogP) is 3.42. The Balaban J connectivity index is 1.63. The molecule has 1 aliphatic carbocycles. The minimum absolute atomic E-state index is 0.0536. The average molecular weight is 350 g/mol. The third kappa shape index (κ3) is 3.06. The molecule has 0 aliphatic heterocycles. The van der Waals surface area contributed by atoms with Gasteiger partial charge in [0.1, 0.15) is 6.26 Å².